The molecule has 0 spiro atoms. The van der Waals surface area contributed by atoms with Gasteiger partial charge in [0.25, 0.3) is 5.56 Å². The van der Waals surface area contributed by atoms with Gasteiger partial charge in [-0.15, -0.1) is 5.10 Å². The molecular formula is C17H14FN7O. The van der Waals surface area contributed by atoms with Crippen molar-refractivity contribution in [2.45, 2.75) is 13.0 Å². The normalized spacial score (nSPS) is 12.2. The molecule has 1 atom stereocenters. The summed E-state index contributed by atoms with van der Waals surface area (Å²) in [5.74, 6) is 0.500. The number of fused-ring (bicyclic) bond motifs is 1. The average Bonchev–Trinajstić information content (AvgIpc) is 3.06. The first-order chi connectivity index (χ1) is 12.6. The van der Waals surface area contributed by atoms with Gasteiger partial charge in [-0.25, -0.2) is 23.9 Å². The van der Waals surface area contributed by atoms with E-state index in [0.29, 0.717) is 28.5 Å². The van der Waals surface area contributed by atoms with Crippen molar-refractivity contribution in [3.63, 3.8) is 0 Å². The molecule has 0 aliphatic rings. The van der Waals surface area contributed by atoms with Gasteiger partial charge in [0.05, 0.1) is 35.9 Å². The minimum Gasteiger partial charge on any atom is -0.359 e. The quantitative estimate of drug-likeness (QED) is 0.584. The number of anilines is 1. The average molecular weight is 351 g/mol. The van der Waals surface area contributed by atoms with E-state index < -0.39 is 5.82 Å². The molecule has 0 aromatic carbocycles. The lowest BCUT2D eigenvalue weighted by molar-refractivity contribution is 0.604. The van der Waals surface area contributed by atoms with Crippen LogP contribution < -0.4 is 10.9 Å². The van der Waals surface area contributed by atoms with E-state index in [2.05, 4.69) is 30.4 Å². The summed E-state index contributed by atoms with van der Waals surface area (Å²) >= 11 is 0. The lowest BCUT2D eigenvalue weighted by atomic mass is 10.2. The van der Waals surface area contributed by atoms with Crippen molar-refractivity contribution in [1.29, 1.82) is 0 Å². The lowest BCUT2D eigenvalue weighted by Gasteiger charge is -2.13. The highest BCUT2D eigenvalue weighted by Crippen LogP contribution is 2.19. The fraction of sp³-hybridized carbons (Fsp3) is 0.118. The molecule has 0 amide bonds. The summed E-state index contributed by atoms with van der Waals surface area (Å²) in [7, 11) is 0. The Kier molecular flexibility index (Phi) is 3.88. The second-order valence-electron chi connectivity index (χ2n) is 5.67. The van der Waals surface area contributed by atoms with Gasteiger partial charge in [0.1, 0.15) is 11.6 Å². The number of halogens is 1. The minimum atomic E-state index is -0.489. The third-order valence-corrected chi connectivity index (χ3v) is 3.85. The van der Waals surface area contributed by atoms with Crippen LogP contribution in [0, 0.1) is 5.82 Å². The van der Waals surface area contributed by atoms with E-state index in [4.69, 9.17) is 0 Å². The number of hydrogen-bond acceptors (Lipinski definition) is 6. The topological polar surface area (TPSA) is 101 Å². The number of aromatic amines is 1. The largest absolute Gasteiger partial charge is 0.359 e. The molecule has 130 valence electrons. The number of hydrogen-bond donors (Lipinski definition) is 2. The van der Waals surface area contributed by atoms with Crippen molar-refractivity contribution in [2.24, 2.45) is 0 Å². The monoisotopic (exact) mass is 351 g/mol. The zero-order chi connectivity index (χ0) is 18.1. The summed E-state index contributed by atoms with van der Waals surface area (Å²) in [5, 5.41) is 7.66. The maximum atomic E-state index is 13.0. The highest BCUT2D eigenvalue weighted by Gasteiger charge is 2.13. The van der Waals surface area contributed by atoms with Gasteiger partial charge in [0, 0.05) is 6.20 Å². The number of aromatic nitrogens is 6. The molecule has 4 aromatic rings. The predicted octanol–water partition coefficient (Wildman–Crippen LogP) is 2.19. The molecule has 0 saturated carbocycles. The Morgan fingerprint density at radius 1 is 1.15 bits per heavy atom. The van der Waals surface area contributed by atoms with Crippen LogP contribution in [0.1, 0.15) is 18.8 Å². The van der Waals surface area contributed by atoms with Crippen LogP contribution in [0.15, 0.2) is 53.8 Å². The van der Waals surface area contributed by atoms with Crippen LogP contribution in [0.3, 0.4) is 0 Å². The zero-order valence-electron chi connectivity index (χ0n) is 13.7. The first-order valence-corrected chi connectivity index (χ1v) is 7.88. The summed E-state index contributed by atoms with van der Waals surface area (Å²) in [6.45, 7) is 1.84. The molecule has 9 heteroatoms. The molecule has 0 aliphatic carbocycles. The van der Waals surface area contributed by atoms with E-state index in [1.165, 1.54) is 0 Å². The minimum absolute atomic E-state index is 0.220. The summed E-state index contributed by atoms with van der Waals surface area (Å²) in [5.41, 5.74) is 1.44. The van der Waals surface area contributed by atoms with E-state index in [1.54, 1.807) is 41.2 Å². The van der Waals surface area contributed by atoms with Crippen LogP contribution in [0.5, 0.6) is 0 Å². The van der Waals surface area contributed by atoms with Crippen LogP contribution in [0.4, 0.5) is 10.2 Å². The van der Waals surface area contributed by atoms with E-state index in [0.717, 1.165) is 12.4 Å². The van der Waals surface area contributed by atoms with Crippen LogP contribution in [-0.4, -0.2) is 29.5 Å². The Labute approximate surface area is 146 Å². The van der Waals surface area contributed by atoms with Crippen LogP contribution in [0.2, 0.25) is 0 Å². The van der Waals surface area contributed by atoms with Gasteiger partial charge in [0.2, 0.25) is 0 Å². The van der Waals surface area contributed by atoms with Crippen molar-refractivity contribution in [2.75, 3.05) is 5.32 Å². The van der Waals surface area contributed by atoms with Crippen LogP contribution in [0.25, 0.3) is 16.9 Å². The Bertz CT molecular complexity index is 1120. The molecule has 4 rings (SSSR count). The van der Waals surface area contributed by atoms with Crippen molar-refractivity contribution in [3.05, 3.63) is 71.0 Å². The molecule has 26 heavy (non-hydrogen) atoms. The molecule has 4 aromatic heterocycles. The fourth-order valence-electron chi connectivity index (χ4n) is 2.59. The molecule has 0 unspecified atom stereocenters. The van der Waals surface area contributed by atoms with E-state index in [1.807, 2.05) is 6.92 Å². The van der Waals surface area contributed by atoms with Gasteiger partial charge >= 0.3 is 0 Å². The van der Waals surface area contributed by atoms with Gasteiger partial charge in [-0.1, -0.05) is 0 Å². The highest BCUT2D eigenvalue weighted by atomic mass is 19.1. The summed E-state index contributed by atoms with van der Waals surface area (Å²) in [4.78, 5) is 26.9. The number of pyridine rings is 1. The third kappa shape index (κ3) is 2.90. The second kappa shape index (κ2) is 6.36. The highest BCUT2D eigenvalue weighted by molar-refractivity contribution is 5.62. The molecule has 0 fully saturated rings. The molecule has 2 N–H and O–H groups in total. The predicted molar refractivity (Wildman–Crippen MR) is 93.1 cm³/mol. The fourth-order valence-corrected chi connectivity index (χ4v) is 2.59. The van der Waals surface area contributed by atoms with Gasteiger partial charge in [-0.05, 0) is 31.2 Å². The van der Waals surface area contributed by atoms with Crippen molar-refractivity contribution in [3.8, 4) is 11.3 Å². The lowest BCUT2D eigenvalue weighted by Crippen LogP contribution is -2.13. The summed E-state index contributed by atoms with van der Waals surface area (Å²) in [6.07, 6.45) is 5.41. The van der Waals surface area contributed by atoms with Gasteiger partial charge in [-0.2, -0.15) is 0 Å². The molecule has 0 bridgehead atoms. The molecule has 0 aliphatic heterocycles. The maximum Gasteiger partial charge on any atom is 0.257 e. The van der Waals surface area contributed by atoms with Crippen LogP contribution >= 0.6 is 0 Å². The molecule has 0 saturated heterocycles. The standard InChI is InChI=1S/C17H14FN7O/c1-10(16-21-7-11(18)8-22-16)23-14-4-5-15-20-9-13(25(15)24-14)12-3-2-6-19-17(12)26/h2-10H,1H3,(H,19,26)(H,23,24)/t10-/m0/s1. The van der Waals surface area contributed by atoms with E-state index in [9.17, 15) is 9.18 Å². The Morgan fingerprint density at radius 2 is 1.96 bits per heavy atom. The maximum absolute atomic E-state index is 13.0. The van der Waals surface area contributed by atoms with E-state index >= 15 is 0 Å². The first-order valence-electron chi connectivity index (χ1n) is 7.88. The zero-order valence-corrected chi connectivity index (χ0v) is 13.7. The van der Waals surface area contributed by atoms with E-state index in [-0.39, 0.29) is 11.6 Å². The van der Waals surface area contributed by atoms with Crippen LogP contribution in [-0.2, 0) is 0 Å². The Hall–Kier alpha value is -3.62. The smallest absolute Gasteiger partial charge is 0.257 e. The SMILES string of the molecule is C[C@H](Nc1ccc2ncc(-c3ccc[nH]c3=O)n2n1)c1ncc(F)cn1. The molecular weight excluding hydrogens is 337 g/mol. The Morgan fingerprint density at radius 3 is 2.73 bits per heavy atom. The van der Waals surface area contributed by atoms with Gasteiger partial charge in [0.15, 0.2) is 11.5 Å². The summed E-state index contributed by atoms with van der Waals surface area (Å²) in [6, 6.07) is 6.72. The van der Waals surface area contributed by atoms with Gasteiger partial charge < -0.3 is 10.3 Å². The number of imidazole rings is 1. The third-order valence-electron chi connectivity index (χ3n) is 3.85. The van der Waals surface area contributed by atoms with Gasteiger partial charge in [-0.3, -0.25) is 4.79 Å². The first kappa shape index (κ1) is 15.9. The number of H-pyrrole nitrogens is 1. The number of nitrogens with zero attached hydrogens (tertiary/aromatic N) is 5. The Balaban J connectivity index is 1.69. The van der Waals surface area contributed by atoms with Crippen molar-refractivity contribution < 1.29 is 4.39 Å². The molecule has 0 radical (unpaired) electrons. The number of rotatable bonds is 4. The summed E-state index contributed by atoms with van der Waals surface area (Å²) < 4.78 is 14.5. The van der Waals surface area contributed by atoms with Crippen molar-refractivity contribution in [1.82, 2.24) is 29.5 Å². The molecule has 8 nitrogen and oxygen atoms in total. The molecule has 4 heterocycles. The van der Waals surface area contributed by atoms with Crippen molar-refractivity contribution >= 4 is 11.5 Å². The number of nitrogens with one attached hydrogen (secondary N) is 2. The second-order valence-corrected chi connectivity index (χ2v) is 5.67.